The molecule has 7 atom stereocenters. The average molecular weight is 529 g/mol. The molecule has 0 saturated heterocycles. The Bertz CT molecular complexity index is 1180. The monoisotopic (exact) mass is 528 g/mol. The first-order valence-corrected chi connectivity index (χ1v) is 13.4. The summed E-state index contributed by atoms with van der Waals surface area (Å²) in [7, 11) is -4.03. The van der Waals surface area contributed by atoms with Crippen LogP contribution in [0.1, 0.15) is 46.0 Å². The van der Waals surface area contributed by atoms with Gasteiger partial charge in [0.2, 0.25) is 0 Å². The Kier molecular flexibility index (Phi) is 6.27. The van der Waals surface area contributed by atoms with Gasteiger partial charge in [-0.25, -0.2) is 0 Å². The van der Waals surface area contributed by atoms with Crippen LogP contribution in [0, 0.1) is 48.8 Å². The minimum atomic E-state index is -4.03. The molecule has 0 aromatic rings. The Morgan fingerprint density at radius 1 is 1.19 bits per heavy atom. The molecule has 0 N–H and O–H groups in total. The van der Waals surface area contributed by atoms with Crippen molar-refractivity contribution in [1.82, 2.24) is 0 Å². The number of hydrogen-bond acceptors (Lipinski definition) is 11. The molecular formula is C22H28N2O11S. The molecule has 0 amide bonds. The van der Waals surface area contributed by atoms with Crippen LogP contribution in [0.2, 0.25) is 0 Å². The molecule has 0 unspecified atom stereocenters. The first-order chi connectivity index (χ1) is 16.6. The van der Waals surface area contributed by atoms with Gasteiger partial charge in [-0.2, -0.15) is 8.42 Å². The highest BCUT2D eigenvalue weighted by Crippen LogP contribution is 2.68. The molecule has 0 heterocycles. The summed E-state index contributed by atoms with van der Waals surface area (Å²) in [6, 6.07) is 0. The van der Waals surface area contributed by atoms with E-state index in [0.29, 0.717) is 19.3 Å². The van der Waals surface area contributed by atoms with E-state index in [1.165, 1.54) is 6.08 Å². The summed E-state index contributed by atoms with van der Waals surface area (Å²) in [6.07, 6.45) is 5.65. The van der Waals surface area contributed by atoms with Crippen molar-refractivity contribution in [3.8, 4) is 0 Å². The summed E-state index contributed by atoms with van der Waals surface area (Å²) in [4.78, 5) is 58.8. The predicted molar refractivity (Wildman–Crippen MR) is 120 cm³/mol. The fourth-order valence-corrected chi connectivity index (χ4v) is 7.87. The first-order valence-electron chi connectivity index (χ1n) is 11.6. The summed E-state index contributed by atoms with van der Waals surface area (Å²) in [5, 5.41) is 21.1. The van der Waals surface area contributed by atoms with E-state index >= 15 is 0 Å². The molecule has 0 aliphatic heterocycles. The maximum absolute atomic E-state index is 13.4. The molecule has 3 fully saturated rings. The summed E-state index contributed by atoms with van der Waals surface area (Å²) in [5.74, 6) is -2.07. The summed E-state index contributed by atoms with van der Waals surface area (Å²) in [6.45, 7) is 2.56. The number of carbonyl (C=O) groups is 2. The zero-order valence-corrected chi connectivity index (χ0v) is 20.9. The van der Waals surface area contributed by atoms with E-state index in [-0.39, 0.29) is 30.5 Å². The molecular weight excluding hydrogens is 500 g/mol. The van der Waals surface area contributed by atoms with Gasteiger partial charge in [-0.3, -0.25) is 18.6 Å². The van der Waals surface area contributed by atoms with Gasteiger partial charge in [-0.15, -0.1) is 20.2 Å². The topological polar surface area (TPSA) is 182 Å². The predicted octanol–water partition coefficient (Wildman–Crippen LogP) is 1.97. The number of nitrogens with zero attached hydrogens (tertiary/aromatic N) is 2. The molecule has 4 rings (SSSR count). The number of fused-ring (bicyclic) bond motifs is 5. The Hall–Kier alpha value is -2.87. The van der Waals surface area contributed by atoms with Gasteiger partial charge in [-0.1, -0.05) is 25.5 Å². The Labute approximate surface area is 207 Å². The lowest BCUT2D eigenvalue weighted by Gasteiger charge is -2.60. The number of rotatable bonds is 8. The number of allylic oxidation sites excluding steroid dienone is 4. The minimum absolute atomic E-state index is 0.0801. The fraction of sp³-hybridized carbons (Fsp3) is 0.727. The molecule has 4 aliphatic rings. The Morgan fingerprint density at radius 3 is 2.50 bits per heavy atom. The fourth-order valence-electron chi connectivity index (χ4n) is 7.55. The van der Waals surface area contributed by atoms with Crippen LogP contribution < -0.4 is 0 Å². The van der Waals surface area contributed by atoms with Gasteiger partial charge in [0, 0.05) is 16.7 Å². The van der Waals surface area contributed by atoms with Crippen molar-refractivity contribution in [2.45, 2.75) is 57.7 Å². The van der Waals surface area contributed by atoms with Crippen molar-refractivity contribution in [3.63, 3.8) is 0 Å². The first kappa shape index (κ1) is 26.2. The molecule has 198 valence electrons. The Balaban J connectivity index is 1.80. The van der Waals surface area contributed by atoms with E-state index in [4.69, 9.17) is 9.68 Å². The maximum atomic E-state index is 13.4. The highest BCUT2D eigenvalue weighted by atomic mass is 32.2. The van der Waals surface area contributed by atoms with Gasteiger partial charge in [0.05, 0.1) is 6.26 Å². The molecule has 0 bridgehead atoms. The van der Waals surface area contributed by atoms with Crippen molar-refractivity contribution in [3.05, 3.63) is 44.0 Å². The lowest BCUT2D eigenvalue weighted by Crippen LogP contribution is -2.63. The van der Waals surface area contributed by atoms with Crippen LogP contribution in [0.4, 0.5) is 0 Å². The van der Waals surface area contributed by atoms with E-state index in [2.05, 4.69) is 4.18 Å². The van der Waals surface area contributed by atoms with E-state index in [1.54, 1.807) is 19.1 Å². The van der Waals surface area contributed by atoms with Gasteiger partial charge in [0.15, 0.2) is 17.2 Å². The smallest absolute Gasteiger partial charge is 0.295 e. The molecule has 14 heteroatoms. The Morgan fingerprint density at radius 2 is 1.89 bits per heavy atom. The zero-order chi connectivity index (χ0) is 26.7. The van der Waals surface area contributed by atoms with Gasteiger partial charge in [0.25, 0.3) is 20.3 Å². The summed E-state index contributed by atoms with van der Waals surface area (Å²) in [5.41, 5.74) is -3.21. The third-order valence-electron chi connectivity index (χ3n) is 8.90. The number of Topliss-reactive ketones (excluding diaryl/α,β-unsaturated/α-hetero) is 1. The van der Waals surface area contributed by atoms with Crippen molar-refractivity contribution in [1.29, 1.82) is 0 Å². The van der Waals surface area contributed by atoms with E-state index in [1.807, 2.05) is 6.92 Å². The normalized spacial score (nSPS) is 39.3. The van der Waals surface area contributed by atoms with Crippen molar-refractivity contribution < 1.29 is 42.0 Å². The van der Waals surface area contributed by atoms with Gasteiger partial charge in [-0.05, 0) is 56.1 Å². The van der Waals surface area contributed by atoms with Crippen LogP contribution in [0.3, 0.4) is 0 Å². The van der Waals surface area contributed by atoms with Crippen LogP contribution in [0.25, 0.3) is 0 Å². The van der Waals surface area contributed by atoms with Crippen molar-refractivity contribution in [2.24, 2.45) is 28.6 Å². The molecule has 36 heavy (non-hydrogen) atoms. The highest BCUT2D eigenvalue weighted by molar-refractivity contribution is 7.86. The second kappa shape index (κ2) is 8.61. The number of hydrogen-bond donors (Lipinski definition) is 0. The minimum Gasteiger partial charge on any atom is -0.310 e. The third kappa shape index (κ3) is 4.09. The molecule has 0 aromatic carbocycles. The number of ketones is 2. The maximum Gasteiger partial charge on any atom is 0.295 e. The largest absolute Gasteiger partial charge is 0.310 e. The zero-order valence-electron chi connectivity index (χ0n) is 20.1. The van der Waals surface area contributed by atoms with E-state index in [9.17, 15) is 38.2 Å². The highest BCUT2D eigenvalue weighted by Gasteiger charge is 2.71. The average Bonchev–Trinajstić information content (AvgIpc) is 3.03. The molecule has 0 spiro atoms. The van der Waals surface area contributed by atoms with Crippen LogP contribution >= 0.6 is 0 Å². The quantitative estimate of drug-likeness (QED) is 0.255. The van der Waals surface area contributed by atoms with Crippen LogP contribution in [-0.4, -0.2) is 54.7 Å². The van der Waals surface area contributed by atoms with Crippen LogP contribution in [0.5, 0.6) is 0 Å². The molecule has 13 nitrogen and oxygen atoms in total. The van der Waals surface area contributed by atoms with Crippen molar-refractivity contribution >= 4 is 21.7 Å². The lowest BCUT2D eigenvalue weighted by atomic mass is 9.46. The second-order valence-corrected chi connectivity index (χ2v) is 12.2. The van der Waals surface area contributed by atoms with Gasteiger partial charge in [0.1, 0.15) is 12.7 Å². The second-order valence-electron chi connectivity index (χ2n) is 10.6. The molecule has 3 saturated carbocycles. The van der Waals surface area contributed by atoms with Crippen LogP contribution in [0.15, 0.2) is 23.8 Å². The molecule has 0 aromatic heterocycles. The summed E-state index contributed by atoms with van der Waals surface area (Å²) < 4.78 is 27.7. The van der Waals surface area contributed by atoms with Crippen molar-refractivity contribution in [2.75, 3.05) is 12.9 Å². The SMILES string of the molecule is C[C@]12C=CC(=O)C=C1CC[C@@H]1[C@@H]2[C@@H](O[N+](=O)[O-])C[C@@]2(C)[C@H]1CC[C@@]2(O[N+](=O)[O-])C(=O)COS(C)(=O)=O. The third-order valence-corrected chi connectivity index (χ3v) is 9.45. The lowest BCUT2D eigenvalue weighted by molar-refractivity contribution is -0.783. The molecule has 4 aliphatic carbocycles. The standard InChI is InChI=1S/C22H28N2O11S/c1-20-8-6-14(25)10-13(20)4-5-15-16-7-9-22(35-24(29)30,18(26)12-33-36(3,31)32)21(16,2)11-17(19(15)20)34-23(27)28/h6,8,10,15-17,19H,4-5,7,9,11-12H2,1-3H3/t15-,16-,17-,19+,20-,21-,22+/m0/s1. The molecule has 0 radical (unpaired) electrons. The van der Waals surface area contributed by atoms with E-state index < -0.39 is 61.1 Å². The van der Waals surface area contributed by atoms with Crippen LogP contribution in [-0.2, 0) is 33.6 Å². The van der Waals surface area contributed by atoms with Gasteiger partial charge < -0.3 is 4.84 Å². The summed E-state index contributed by atoms with van der Waals surface area (Å²) >= 11 is 0. The van der Waals surface area contributed by atoms with Gasteiger partial charge >= 0.3 is 0 Å². The number of carbonyl (C=O) groups excluding carboxylic acids is 2. The van der Waals surface area contributed by atoms with E-state index in [0.717, 1.165) is 11.8 Å².